The van der Waals surface area contributed by atoms with Crippen molar-refractivity contribution in [1.29, 1.82) is 0 Å². The van der Waals surface area contributed by atoms with Gasteiger partial charge < -0.3 is 0 Å². The highest BCUT2D eigenvalue weighted by Crippen LogP contribution is 2.70. The van der Waals surface area contributed by atoms with E-state index < -0.39 is 32.9 Å². The molecule has 2 bridgehead atoms. The van der Waals surface area contributed by atoms with Crippen LogP contribution in [0.4, 0.5) is 5.69 Å². The minimum absolute atomic E-state index is 0.148. The third-order valence-electron chi connectivity index (χ3n) is 9.04. The van der Waals surface area contributed by atoms with Crippen molar-refractivity contribution in [3.05, 3.63) is 131 Å². The van der Waals surface area contributed by atoms with Gasteiger partial charge in [0.05, 0.1) is 33.5 Å². The Balaban J connectivity index is 1.53. The number of fused-ring (bicyclic) bond motifs is 8. The van der Waals surface area contributed by atoms with Gasteiger partial charge in [-0.05, 0) is 61.2 Å². The monoisotopic (exact) mass is 548 g/mol. The number of anilines is 1. The van der Waals surface area contributed by atoms with E-state index in [0.717, 1.165) is 22.3 Å². The quantitative estimate of drug-likeness (QED) is 0.323. The van der Waals surface area contributed by atoms with Crippen LogP contribution in [0.1, 0.15) is 29.2 Å². The molecule has 3 heterocycles. The summed E-state index contributed by atoms with van der Waals surface area (Å²) in [4.78, 5) is 30.2. The number of imide groups is 1. The van der Waals surface area contributed by atoms with Crippen LogP contribution in [-0.4, -0.2) is 24.5 Å². The number of aryl methyl sites for hydroxylation is 1. The number of hydrogen-bond donors (Lipinski definition) is 0. The first-order valence-corrected chi connectivity index (χ1v) is 14.9. The van der Waals surface area contributed by atoms with Gasteiger partial charge in [-0.25, -0.2) is 13.3 Å². The molecule has 2 saturated heterocycles. The van der Waals surface area contributed by atoms with E-state index in [1.165, 1.54) is 9.21 Å². The molecule has 4 atom stereocenters. The number of carbonyl (C=O) groups excluding carboxylic acids is 2. The summed E-state index contributed by atoms with van der Waals surface area (Å²) < 4.78 is 31.1. The number of carbonyl (C=O) groups is 2. The second-order valence-electron chi connectivity index (χ2n) is 11.2. The van der Waals surface area contributed by atoms with Crippen molar-refractivity contribution in [3.63, 3.8) is 0 Å². The molecule has 2 fully saturated rings. The van der Waals surface area contributed by atoms with E-state index in [-0.39, 0.29) is 23.1 Å². The molecule has 6 nitrogen and oxygen atoms in total. The average Bonchev–Trinajstić information content (AvgIpc) is 3.47. The highest BCUT2D eigenvalue weighted by Gasteiger charge is 2.80. The normalized spacial score (nSPS) is 27.2. The topological polar surface area (TPSA) is 74.8 Å². The molecule has 3 aliphatic heterocycles. The smallest absolute Gasteiger partial charge is 0.244 e. The molecule has 40 heavy (non-hydrogen) atoms. The fraction of sp³-hybridized carbons (Fsp3) is 0.212. The van der Waals surface area contributed by atoms with Gasteiger partial charge in [-0.1, -0.05) is 90.5 Å². The number of para-hydroxylation sites is 1. The van der Waals surface area contributed by atoms with Gasteiger partial charge in [0.25, 0.3) is 0 Å². The number of nitrogens with zero attached hydrogens (tertiary/aromatic N) is 2. The van der Waals surface area contributed by atoms with Crippen LogP contribution in [0.25, 0.3) is 0 Å². The number of sulfonamides is 1. The van der Waals surface area contributed by atoms with Gasteiger partial charge in [0.15, 0.2) is 0 Å². The molecule has 4 aromatic carbocycles. The Morgan fingerprint density at radius 1 is 0.700 bits per heavy atom. The molecule has 0 aromatic heterocycles. The summed E-state index contributed by atoms with van der Waals surface area (Å²) in [6.07, 6.45) is 0.258. The first kappa shape index (κ1) is 24.9. The molecular weight excluding hydrogens is 520 g/mol. The van der Waals surface area contributed by atoms with Crippen LogP contribution in [0, 0.1) is 18.8 Å². The van der Waals surface area contributed by atoms with Gasteiger partial charge in [-0.2, -0.15) is 4.31 Å². The Morgan fingerprint density at radius 2 is 1.25 bits per heavy atom. The van der Waals surface area contributed by atoms with Crippen molar-refractivity contribution in [3.8, 4) is 0 Å². The van der Waals surface area contributed by atoms with Crippen LogP contribution in [0.5, 0.6) is 0 Å². The van der Waals surface area contributed by atoms with E-state index >= 15 is 0 Å². The van der Waals surface area contributed by atoms with Gasteiger partial charge in [-0.3, -0.25) is 9.59 Å². The Morgan fingerprint density at radius 3 is 1.90 bits per heavy atom. The van der Waals surface area contributed by atoms with Crippen molar-refractivity contribution in [2.75, 3.05) is 4.90 Å². The molecular formula is C33H28N2O4S. The highest BCUT2D eigenvalue weighted by molar-refractivity contribution is 7.89. The summed E-state index contributed by atoms with van der Waals surface area (Å²) in [5.74, 6) is -2.49. The molecule has 0 radical (unpaired) electrons. The standard InChI is InChI=1S/C33H28N2O4S/c1-22-17-19-25(20-18-22)40(38,39)35-32(2)26-15-9-10-16-27(26)33(35,21-23-11-5-3-6-12-23)29-28(32)30(36)34(31(29)37)24-13-7-4-8-14-24/h3-20,28-29H,21H2,1-2H3. The zero-order valence-corrected chi connectivity index (χ0v) is 23.0. The third kappa shape index (κ3) is 3.04. The van der Waals surface area contributed by atoms with Crippen molar-refractivity contribution >= 4 is 27.5 Å². The van der Waals surface area contributed by atoms with E-state index in [0.29, 0.717) is 5.69 Å². The molecule has 0 saturated carbocycles. The van der Waals surface area contributed by atoms with E-state index in [1.54, 1.807) is 48.5 Å². The zero-order chi connectivity index (χ0) is 27.9. The largest absolute Gasteiger partial charge is 0.274 e. The Bertz CT molecular complexity index is 1770. The molecule has 7 heteroatoms. The SMILES string of the molecule is Cc1ccc(S(=O)(=O)N2C3(C)c4ccccc4C2(Cc2ccccc2)C2C(=O)N(c4ccccc4)C(=O)C23)cc1. The van der Waals surface area contributed by atoms with Crippen molar-refractivity contribution < 1.29 is 18.0 Å². The Labute approximate surface area is 233 Å². The zero-order valence-electron chi connectivity index (χ0n) is 22.2. The fourth-order valence-corrected chi connectivity index (χ4v) is 9.64. The summed E-state index contributed by atoms with van der Waals surface area (Å²) in [6.45, 7) is 3.73. The van der Waals surface area contributed by atoms with Crippen LogP contribution in [0.2, 0.25) is 0 Å². The van der Waals surface area contributed by atoms with Crippen LogP contribution in [0.3, 0.4) is 0 Å². The lowest BCUT2D eigenvalue weighted by Gasteiger charge is -2.40. The molecule has 3 aliphatic rings. The Hall–Kier alpha value is -4.07. The summed E-state index contributed by atoms with van der Waals surface area (Å²) in [5.41, 5.74) is 1.34. The first-order chi connectivity index (χ1) is 19.2. The van der Waals surface area contributed by atoms with E-state index in [2.05, 4.69) is 0 Å². The maximum absolute atomic E-state index is 14.8. The number of hydrogen-bond acceptors (Lipinski definition) is 4. The number of benzene rings is 4. The third-order valence-corrected chi connectivity index (χ3v) is 11.1. The molecule has 4 unspecified atom stereocenters. The molecule has 2 amide bonds. The molecule has 0 N–H and O–H groups in total. The van der Waals surface area contributed by atoms with Crippen molar-refractivity contribution in [2.24, 2.45) is 11.8 Å². The summed E-state index contributed by atoms with van der Waals surface area (Å²) in [6, 6.07) is 33.0. The predicted molar refractivity (Wildman–Crippen MR) is 152 cm³/mol. The highest BCUT2D eigenvalue weighted by atomic mass is 32.2. The molecule has 0 spiro atoms. The van der Waals surface area contributed by atoms with E-state index in [4.69, 9.17) is 0 Å². The summed E-state index contributed by atoms with van der Waals surface area (Å²) >= 11 is 0. The van der Waals surface area contributed by atoms with Crippen molar-refractivity contribution in [2.45, 2.75) is 36.2 Å². The van der Waals surface area contributed by atoms with Gasteiger partial charge in [0, 0.05) is 0 Å². The second kappa shape index (κ2) is 8.46. The molecule has 0 aliphatic carbocycles. The fourth-order valence-electron chi connectivity index (χ4n) is 7.54. The average molecular weight is 549 g/mol. The minimum atomic E-state index is -4.16. The minimum Gasteiger partial charge on any atom is -0.274 e. The van der Waals surface area contributed by atoms with Crippen LogP contribution >= 0.6 is 0 Å². The van der Waals surface area contributed by atoms with Gasteiger partial charge in [-0.15, -0.1) is 0 Å². The second-order valence-corrected chi connectivity index (χ2v) is 13.0. The summed E-state index contributed by atoms with van der Waals surface area (Å²) in [7, 11) is -4.16. The molecule has 4 aromatic rings. The van der Waals surface area contributed by atoms with Gasteiger partial charge in [0.1, 0.15) is 0 Å². The molecule has 7 rings (SSSR count). The van der Waals surface area contributed by atoms with Gasteiger partial charge in [0.2, 0.25) is 21.8 Å². The Kier molecular flexibility index (Phi) is 5.28. The van der Waals surface area contributed by atoms with Crippen LogP contribution in [0.15, 0.2) is 114 Å². The van der Waals surface area contributed by atoms with Crippen LogP contribution < -0.4 is 4.90 Å². The lowest BCUT2D eigenvalue weighted by Crippen LogP contribution is -2.53. The predicted octanol–water partition coefficient (Wildman–Crippen LogP) is 5.17. The maximum Gasteiger partial charge on any atom is 0.244 e. The number of amides is 2. The number of rotatable bonds is 5. The summed E-state index contributed by atoms with van der Waals surface area (Å²) in [5, 5.41) is 0. The maximum atomic E-state index is 14.8. The van der Waals surface area contributed by atoms with Gasteiger partial charge >= 0.3 is 0 Å². The lowest BCUT2D eigenvalue weighted by atomic mass is 9.64. The van der Waals surface area contributed by atoms with Crippen LogP contribution in [-0.2, 0) is 37.1 Å². The van der Waals surface area contributed by atoms with E-state index in [1.807, 2.05) is 74.5 Å². The van der Waals surface area contributed by atoms with Crippen molar-refractivity contribution in [1.82, 2.24) is 4.31 Å². The lowest BCUT2D eigenvalue weighted by molar-refractivity contribution is -0.124. The van der Waals surface area contributed by atoms with E-state index in [9.17, 15) is 18.0 Å². The first-order valence-electron chi connectivity index (χ1n) is 13.4. The molecule has 200 valence electrons.